The van der Waals surface area contributed by atoms with Gasteiger partial charge in [-0.2, -0.15) is 0 Å². The fourth-order valence-corrected chi connectivity index (χ4v) is 3.96. The van der Waals surface area contributed by atoms with Gasteiger partial charge in [0.25, 0.3) is 0 Å². The molecule has 1 saturated carbocycles. The topological polar surface area (TPSA) is 120 Å². The highest BCUT2D eigenvalue weighted by Gasteiger charge is 2.28. The van der Waals surface area contributed by atoms with Crippen LogP contribution in [0, 0.1) is 6.92 Å². The summed E-state index contributed by atoms with van der Waals surface area (Å²) in [5.41, 5.74) is 7.91. The Labute approximate surface area is 160 Å². The second-order valence-electron chi connectivity index (χ2n) is 6.92. The van der Waals surface area contributed by atoms with E-state index in [1.54, 1.807) is 30.1 Å². The van der Waals surface area contributed by atoms with Crippen LogP contribution in [0.25, 0.3) is 0 Å². The number of imidazole rings is 1. The van der Waals surface area contributed by atoms with Crippen molar-refractivity contribution in [3.05, 3.63) is 51.6 Å². The smallest absolute Gasteiger partial charge is 0.312 e. The lowest BCUT2D eigenvalue weighted by atomic mass is 9.97. The Hall–Kier alpha value is -2.81. The summed E-state index contributed by atoms with van der Waals surface area (Å²) >= 11 is 1.62. The molecule has 27 heavy (non-hydrogen) atoms. The average Bonchev–Trinajstić information content (AvgIpc) is 3.21. The molecule has 0 spiro atoms. The molecule has 1 atom stereocenters. The first kappa shape index (κ1) is 17.6. The molecule has 1 aliphatic rings. The number of carboxylic acids is 1. The van der Waals surface area contributed by atoms with E-state index in [0.717, 1.165) is 21.1 Å². The Kier molecular flexibility index (Phi) is 4.61. The third-order valence-electron chi connectivity index (χ3n) is 4.65. The largest absolute Gasteiger partial charge is 0.481 e. The first-order valence-electron chi connectivity index (χ1n) is 8.77. The van der Waals surface area contributed by atoms with Crippen molar-refractivity contribution in [2.24, 2.45) is 0 Å². The number of pyridine rings is 1. The maximum atomic E-state index is 11.8. The average molecular weight is 384 g/mol. The SMILES string of the molecule is Cc1cc(CC(C(=O)O)c2cn(Cc3nnc(C4CC4)s3)cn2)cnc1N. The van der Waals surface area contributed by atoms with Gasteiger partial charge in [-0.25, -0.2) is 9.97 Å². The number of aliphatic carboxylic acids is 1. The van der Waals surface area contributed by atoms with Crippen molar-refractivity contribution < 1.29 is 9.90 Å². The normalized spacial score (nSPS) is 15.0. The summed E-state index contributed by atoms with van der Waals surface area (Å²) in [6, 6.07) is 1.87. The van der Waals surface area contributed by atoms with Gasteiger partial charge in [0, 0.05) is 18.3 Å². The molecule has 1 aliphatic carbocycles. The van der Waals surface area contributed by atoms with Gasteiger partial charge in [0.05, 0.1) is 18.6 Å². The van der Waals surface area contributed by atoms with Gasteiger partial charge in [0.2, 0.25) is 0 Å². The zero-order valence-corrected chi connectivity index (χ0v) is 15.7. The number of nitrogen functional groups attached to an aromatic ring is 1. The zero-order valence-electron chi connectivity index (χ0n) is 14.9. The van der Waals surface area contributed by atoms with Crippen molar-refractivity contribution in [3.63, 3.8) is 0 Å². The number of nitrogens with two attached hydrogens (primary N) is 1. The zero-order chi connectivity index (χ0) is 19.0. The van der Waals surface area contributed by atoms with Crippen molar-refractivity contribution >= 4 is 23.1 Å². The van der Waals surface area contributed by atoms with Gasteiger partial charge in [-0.05, 0) is 37.3 Å². The molecule has 0 amide bonds. The van der Waals surface area contributed by atoms with E-state index in [1.165, 1.54) is 12.8 Å². The Bertz CT molecular complexity index is 978. The quantitative estimate of drug-likeness (QED) is 0.641. The lowest BCUT2D eigenvalue weighted by Crippen LogP contribution is -2.15. The van der Waals surface area contributed by atoms with Crippen molar-refractivity contribution in [2.45, 2.75) is 44.6 Å². The first-order valence-corrected chi connectivity index (χ1v) is 9.59. The van der Waals surface area contributed by atoms with Gasteiger partial charge in [-0.3, -0.25) is 4.79 Å². The highest BCUT2D eigenvalue weighted by Crippen LogP contribution is 2.41. The third-order valence-corrected chi connectivity index (χ3v) is 5.72. The Morgan fingerprint density at radius 3 is 2.93 bits per heavy atom. The summed E-state index contributed by atoms with van der Waals surface area (Å²) in [4.78, 5) is 20.2. The predicted molar refractivity (Wildman–Crippen MR) is 101 cm³/mol. The van der Waals surface area contributed by atoms with Gasteiger partial charge in [0.1, 0.15) is 21.8 Å². The van der Waals surface area contributed by atoms with Crippen LogP contribution in [0.4, 0.5) is 5.82 Å². The maximum absolute atomic E-state index is 11.8. The van der Waals surface area contributed by atoms with Crippen LogP contribution in [0.3, 0.4) is 0 Å². The van der Waals surface area contributed by atoms with Crippen molar-refractivity contribution in [2.75, 3.05) is 5.73 Å². The number of nitrogens with zero attached hydrogens (tertiary/aromatic N) is 5. The van der Waals surface area contributed by atoms with Crippen LogP contribution in [-0.2, 0) is 17.8 Å². The number of carboxylic acid groups (broad SMARTS) is 1. The lowest BCUT2D eigenvalue weighted by molar-refractivity contribution is -0.138. The van der Waals surface area contributed by atoms with E-state index in [1.807, 2.05) is 17.6 Å². The molecule has 3 N–H and O–H groups in total. The number of aryl methyl sites for hydroxylation is 1. The summed E-state index contributed by atoms with van der Waals surface area (Å²) in [5, 5.41) is 20.1. The number of aromatic nitrogens is 5. The van der Waals surface area contributed by atoms with Gasteiger partial charge in [-0.15, -0.1) is 10.2 Å². The minimum absolute atomic E-state index is 0.311. The Balaban J connectivity index is 1.49. The lowest BCUT2D eigenvalue weighted by Gasteiger charge is -2.10. The number of hydrogen-bond donors (Lipinski definition) is 2. The van der Waals surface area contributed by atoms with Crippen LogP contribution in [0.5, 0.6) is 0 Å². The number of anilines is 1. The summed E-state index contributed by atoms with van der Waals surface area (Å²) in [5.74, 6) is -0.616. The monoisotopic (exact) mass is 384 g/mol. The minimum Gasteiger partial charge on any atom is -0.481 e. The van der Waals surface area contributed by atoms with E-state index >= 15 is 0 Å². The molecule has 1 unspecified atom stereocenters. The molecule has 3 heterocycles. The molecular weight excluding hydrogens is 364 g/mol. The number of hydrogen-bond acceptors (Lipinski definition) is 7. The highest BCUT2D eigenvalue weighted by atomic mass is 32.1. The minimum atomic E-state index is -0.915. The molecule has 0 bridgehead atoms. The Morgan fingerprint density at radius 2 is 2.22 bits per heavy atom. The van der Waals surface area contributed by atoms with Crippen molar-refractivity contribution in [1.82, 2.24) is 24.7 Å². The van der Waals surface area contributed by atoms with Crippen molar-refractivity contribution in [1.29, 1.82) is 0 Å². The van der Waals surface area contributed by atoms with E-state index in [0.29, 0.717) is 30.4 Å². The van der Waals surface area contributed by atoms with Crippen LogP contribution < -0.4 is 5.73 Å². The molecule has 0 saturated heterocycles. The molecule has 0 aromatic carbocycles. The molecule has 3 aromatic heterocycles. The van der Waals surface area contributed by atoms with Crippen LogP contribution >= 0.6 is 11.3 Å². The molecule has 140 valence electrons. The molecule has 3 aromatic rings. The summed E-state index contributed by atoms with van der Waals surface area (Å²) in [6.07, 6.45) is 7.75. The molecule has 0 radical (unpaired) electrons. The second-order valence-corrected chi connectivity index (χ2v) is 8.01. The van der Waals surface area contributed by atoms with E-state index in [2.05, 4.69) is 20.2 Å². The Morgan fingerprint density at radius 1 is 1.41 bits per heavy atom. The number of carbonyl (C=O) groups is 1. The standard InChI is InChI=1S/C18H20N6O2S/c1-10-4-11(6-20-16(10)19)5-13(18(25)26)14-7-24(9-21-14)8-15-22-23-17(27-15)12-2-3-12/h4,6-7,9,12-13H,2-3,5,8H2,1H3,(H2,19,20)(H,25,26). The first-order chi connectivity index (χ1) is 13.0. The van der Waals surface area contributed by atoms with E-state index in [9.17, 15) is 9.90 Å². The molecule has 9 heteroatoms. The fraction of sp³-hybridized carbons (Fsp3) is 0.389. The van der Waals surface area contributed by atoms with Crippen LogP contribution in [-0.4, -0.2) is 35.8 Å². The highest BCUT2D eigenvalue weighted by molar-refractivity contribution is 7.11. The molecular formula is C18H20N6O2S. The molecule has 1 fully saturated rings. The van der Waals surface area contributed by atoms with Crippen LogP contribution in [0.15, 0.2) is 24.8 Å². The summed E-state index contributed by atoms with van der Waals surface area (Å²) in [6.45, 7) is 2.40. The number of rotatable bonds is 7. The van der Waals surface area contributed by atoms with E-state index in [4.69, 9.17) is 5.73 Å². The fourth-order valence-electron chi connectivity index (χ4n) is 2.94. The predicted octanol–water partition coefficient (Wildman–Crippen LogP) is 2.36. The van der Waals surface area contributed by atoms with E-state index < -0.39 is 11.9 Å². The van der Waals surface area contributed by atoms with E-state index in [-0.39, 0.29) is 0 Å². The van der Waals surface area contributed by atoms with Crippen LogP contribution in [0.2, 0.25) is 0 Å². The second kappa shape index (κ2) is 7.07. The van der Waals surface area contributed by atoms with Crippen molar-refractivity contribution in [3.8, 4) is 0 Å². The third kappa shape index (κ3) is 3.97. The van der Waals surface area contributed by atoms with Gasteiger partial charge in [0.15, 0.2) is 0 Å². The summed E-state index contributed by atoms with van der Waals surface area (Å²) < 4.78 is 1.86. The van der Waals surface area contributed by atoms with Gasteiger partial charge in [-0.1, -0.05) is 17.4 Å². The summed E-state index contributed by atoms with van der Waals surface area (Å²) in [7, 11) is 0. The maximum Gasteiger partial charge on any atom is 0.312 e. The molecule has 4 rings (SSSR count). The van der Waals surface area contributed by atoms with Gasteiger partial charge < -0.3 is 15.4 Å². The van der Waals surface area contributed by atoms with Crippen LogP contribution in [0.1, 0.15) is 51.5 Å². The molecule has 8 nitrogen and oxygen atoms in total. The molecule has 0 aliphatic heterocycles. The van der Waals surface area contributed by atoms with Gasteiger partial charge >= 0.3 is 5.97 Å².